The van der Waals surface area contributed by atoms with Crippen molar-refractivity contribution in [3.05, 3.63) is 33.9 Å². The Morgan fingerprint density at radius 3 is 2.89 bits per heavy atom. The molecule has 7 heteroatoms. The number of phenols is 1. The molecular formula is C11H11N3O4. The Labute approximate surface area is 102 Å². The van der Waals surface area contributed by atoms with Crippen LogP contribution in [0.15, 0.2) is 23.3 Å². The van der Waals surface area contributed by atoms with E-state index in [9.17, 15) is 20.0 Å². The fraction of sp³-hybridized carbons (Fsp3) is 0.273. The molecule has 2 rings (SSSR count). The highest BCUT2D eigenvalue weighted by atomic mass is 16.6. The molecule has 0 heterocycles. The zero-order valence-electron chi connectivity index (χ0n) is 9.37. The normalized spacial score (nSPS) is 14.7. The molecule has 0 radical (unpaired) electrons. The zero-order valence-corrected chi connectivity index (χ0v) is 9.37. The van der Waals surface area contributed by atoms with Crippen molar-refractivity contribution in [3.8, 4) is 5.75 Å². The summed E-state index contributed by atoms with van der Waals surface area (Å²) in [5.41, 5.74) is 2.35. The molecule has 0 aliphatic heterocycles. The summed E-state index contributed by atoms with van der Waals surface area (Å²) >= 11 is 0. The number of nitro benzene ring substituents is 1. The fourth-order valence-electron chi connectivity index (χ4n) is 1.36. The number of amides is 1. The van der Waals surface area contributed by atoms with E-state index in [1.54, 1.807) is 0 Å². The van der Waals surface area contributed by atoms with Gasteiger partial charge in [-0.05, 0) is 18.9 Å². The van der Waals surface area contributed by atoms with E-state index in [4.69, 9.17) is 0 Å². The van der Waals surface area contributed by atoms with Gasteiger partial charge in [0.25, 0.3) is 5.69 Å². The van der Waals surface area contributed by atoms with Gasteiger partial charge in [0, 0.05) is 23.6 Å². The van der Waals surface area contributed by atoms with Crippen molar-refractivity contribution in [1.82, 2.24) is 5.43 Å². The van der Waals surface area contributed by atoms with E-state index in [0.29, 0.717) is 0 Å². The van der Waals surface area contributed by atoms with Crippen LogP contribution in [0.3, 0.4) is 0 Å². The minimum Gasteiger partial charge on any atom is -0.507 e. The van der Waals surface area contributed by atoms with Gasteiger partial charge in [0.05, 0.1) is 11.1 Å². The molecule has 1 aliphatic carbocycles. The van der Waals surface area contributed by atoms with Gasteiger partial charge in [-0.2, -0.15) is 5.10 Å². The lowest BCUT2D eigenvalue weighted by atomic mass is 10.2. The number of benzene rings is 1. The lowest BCUT2D eigenvalue weighted by molar-refractivity contribution is -0.384. The SMILES string of the molecule is O=C(N/N=C/c1cc([N+](=O)[O-])ccc1O)C1CC1. The van der Waals surface area contributed by atoms with Crippen molar-refractivity contribution in [2.45, 2.75) is 12.8 Å². The number of nitrogens with zero attached hydrogens (tertiary/aromatic N) is 2. The summed E-state index contributed by atoms with van der Waals surface area (Å²) in [6.07, 6.45) is 2.91. The third-order valence-electron chi connectivity index (χ3n) is 2.55. The van der Waals surface area contributed by atoms with Crippen LogP contribution in [0.1, 0.15) is 18.4 Å². The average molecular weight is 249 g/mol. The highest BCUT2D eigenvalue weighted by molar-refractivity contribution is 5.86. The molecule has 18 heavy (non-hydrogen) atoms. The number of non-ortho nitro benzene ring substituents is 1. The van der Waals surface area contributed by atoms with Gasteiger partial charge in [-0.15, -0.1) is 0 Å². The molecule has 1 aromatic carbocycles. The maximum atomic E-state index is 11.3. The number of nitrogens with one attached hydrogen (secondary N) is 1. The second kappa shape index (κ2) is 4.82. The number of nitro groups is 1. The van der Waals surface area contributed by atoms with Crippen LogP contribution in [0.25, 0.3) is 0 Å². The average Bonchev–Trinajstić information content (AvgIpc) is 3.15. The van der Waals surface area contributed by atoms with Crippen LogP contribution >= 0.6 is 0 Å². The highest BCUT2D eigenvalue weighted by Gasteiger charge is 2.29. The number of carbonyl (C=O) groups excluding carboxylic acids is 1. The van der Waals surface area contributed by atoms with Gasteiger partial charge in [0.15, 0.2) is 0 Å². The van der Waals surface area contributed by atoms with E-state index in [-0.39, 0.29) is 28.8 Å². The molecule has 1 amide bonds. The van der Waals surface area contributed by atoms with Gasteiger partial charge in [-0.3, -0.25) is 14.9 Å². The van der Waals surface area contributed by atoms with Crippen LogP contribution in [0.5, 0.6) is 5.75 Å². The molecule has 1 saturated carbocycles. The van der Waals surface area contributed by atoms with Crippen LogP contribution in [-0.2, 0) is 4.79 Å². The molecule has 1 aromatic rings. The molecule has 7 nitrogen and oxygen atoms in total. The summed E-state index contributed by atoms with van der Waals surface area (Å²) in [7, 11) is 0. The van der Waals surface area contributed by atoms with E-state index in [1.165, 1.54) is 24.4 Å². The number of carbonyl (C=O) groups is 1. The summed E-state index contributed by atoms with van der Waals surface area (Å²) in [4.78, 5) is 21.2. The summed E-state index contributed by atoms with van der Waals surface area (Å²) in [5, 5.41) is 23.7. The fourth-order valence-corrected chi connectivity index (χ4v) is 1.36. The van der Waals surface area contributed by atoms with Crippen molar-refractivity contribution in [1.29, 1.82) is 0 Å². The van der Waals surface area contributed by atoms with Gasteiger partial charge in [0.1, 0.15) is 5.75 Å². The Morgan fingerprint density at radius 2 is 2.28 bits per heavy atom. The van der Waals surface area contributed by atoms with Crippen LogP contribution in [0.2, 0.25) is 0 Å². The zero-order chi connectivity index (χ0) is 13.1. The minimum absolute atomic E-state index is 0.0286. The molecule has 0 spiro atoms. The minimum atomic E-state index is -0.570. The molecule has 0 saturated heterocycles. The van der Waals surface area contributed by atoms with E-state index in [2.05, 4.69) is 10.5 Å². The van der Waals surface area contributed by atoms with E-state index < -0.39 is 4.92 Å². The van der Waals surface area contributed by atoms with E-state index in [0.717, 1.165) is 12.8 Å². The molecule has 0 bridgehead atoms. The highest BCUT2D eigenvalue weighted by Crippen LogP contribution is 2.28. The third kappa shape index (κ3) is 2.82. The van der Waals surface area contributed by atoms with Crippen molar-refractivity contribution in [2.75, 3.05) is 0 Å². The molecule has 0 aromatic heterocycles. The molecule has 2 N–H and O–H groups in total. The maximum Gasteiger partial charge on any atom is 0.270 e. The second-order valence-electron chi connectivity index (χ2n) is 4.01. The standard InChI is InChI=1S/C11H11N3O4/c15-10-4-3-9(14(17)18)5-8(10)6-12-13-11(16)7-1-2-7/h3-7,15H,1-2H2,(H,13,16)/b12-6+. The maximum absolute atomic E-state index is 11.3. The Kier molecular flexibility index (Phi) is 3.22. The first-order valence-electron chi connectivity index (χ1n) is 5.38. The summed E-state index contributed by atoms with van der Waals surface area (Å²) in [6.45, 7) is 0. The van der Waals surface area contributed by atoms with Crippen molar-refractivity contribution in [3.63, 3.8) is 0 Å². The molecular weight excluding hydrogens is 238 g/mol. The molecule has 0 unspecified atom stereocenters. The number of phenolic OH excluding ortho intramolecular Hbond substituents is 1. The van der Waals surface area contributed by atoms with Gasteiger partial charge in [-0.25, -0.2) is 5.43 Å². The van der Waals surface area contributed by atoms with Gasteiger partial charge in [-0.1, -0.05) is 0 Å². The van der Waals surface area contributed by atoms with Crippen molar-refractivity contribution < 1.29 is 14.8 Å². The van der Waals surface area contributed by atoms with Gasteiger partial charge < -0.3 is 5.11 Å². The topological polar surface area (TPSA) is 105 Å². The van der Waals surface area contributed by atoms with Crippen LogP contribution < -0.4 is 5.43 Å². The van der Waals surface area contributed by atoms with Crippen LogP contribution in [0.4, 0.5) is 5.69 Å². The monoisotopic (exact) mass is 249 g/mol. The lowest BCUT2D eigenvalue weighted by Gasteiger charge is -1.99. The summed E-state index contributed by atoms with van der Waals surface area (Å²) < 4.78 is 0. The van der Waals surface area contributed by atoms with Gasteiger partial charge in [0.2, 0.25) is 5.91 Å². The Balaban J connectivity index is 2.07. The van der Waals surface area contributed by atoms with Crippen LogP contribution in [-0.4, -0.2) is 22.2 Å². The smallest absolute Gasteiger partial charge is 0.270 e. The predicted molar refractivity (Wildman–Crippen MR) is 63.2 cm³/mol. The Morgan fingerprint density at radius 1 is 1.56 bits per heavy atom. The Bertz CT molecular complexity index is 523. The predicted octanol–water partition coefficient (Wildman–Crippen LogP) is 1.16. The third-order valence-corrected chi connectivity index (χ3v) is 2.55. The van der Waals surface area contributed by atoms with Gasteiger partial charge >= 0.3 is 0 Å². The quantitative estimate of drug-likeness (QED) is 0.474. The molecule has 94 valence electrons. The first-order chi connectivity index (χ1) is 8.58. The van der Waals surface area contributed by atoms with Crippen molar-refractivity contribution in [2.24, 2.45) is 11.0 Å². The Hall–Kier alpha value is -2.44. The summed E-state index contributed by atoms with van der Waals surface area (Å²) in [6, 6.07) is 3.58. The molecule has 1 aliphatic rings. The number of hydrazone groups is 1. The summed E-state index contributed by atoms with van der Waals surface area (Å²) in [5.74, 6) is -0.276. The second-order valence-corrected chi connectivity index (χ2v) is 4.01. The number of hydrogen-bond acceptors (Lipinski definition) is 5. The van der Waals surface area contributed by atoms with Crippen LogP contribution in [0, 0.1) is 16.0 Å². The largest absolute Gasteiger partial charge is 0.507 e. The van der Waals surface area contributed by atoms with E-state index in [1.807, 2.05) is 0 Å². The molecule has 1 fully saturated rings. The lowest BCUT2D eigenvalue weighted by Crippen LogP contribution is -2.18. The first kappa shape index (κ1) is 12.0. The number of aromatic hydroxyl groups is 1. The van der Waals surface area contributed by atoms with Crippen molar-refractivity contribution >= 4 is 17.8 Å². The molecule has 0 atom stereocenters. The van der Waals surface area contributed by atoms with E-state index >= 15 is 0 Å². The number of hydrogen-bond donors (Lipinski definition) is 2. The number of rotatable bonds is 4. The first-order valence-corrected chi connectivity index (χ1v) is 5.38.